The van der Waals surface area contributed by atoms with Gasteiger partial charge in [0.25, 0.3) is 11.6 Å². The summed E-state index contributed by atoms with van der Waals surface area (Å²) in [6, 6.07) is 13.0. The van der Waals surface area contributed by atoms with E-state index in [-0.39, 0.29) is 24.0 Å². The molecule has 0 aliphatic carbocycles. The van der Waals surface area contributed by atoms with Crippen molar-refractivity contribution in [3.05, 3.63) is 62.2 Å². The van der Waals surface area contributed by atoms with Gasteiger partial charge in [-0.3, -0.25) is 14.9 Å². The zero-order chi connectivity index (χ0) is 15.2. The summed E-state index contributed by atoms with van der Waals surface area (Å²) < 4.78 is 6.25. The lowest BCUT2D eigenvalue weighted by Crippen LogP contribution is -2.20. The molecule has 0 saturated heterocycles. The van der Waals surface area contributed by atoms with Crippen molar-refractivity contribution in [2.45, 2.75) is 0 Å². The Kier molecular flexibility index (Phi) is 5.09. The largest absolute Gasteiger partial charge is 0.484 e. The highest BCUT2D eigenvalue weighted by molar-refractivity contribution is 14.1. The smallest absolute Gasteiger partial charge is 0.273 e. The molecular weight excluding hydrogens is 387 g/mol. The molecule has 0 bridgehead atoms. The van der Waals surface area contributed by atoms with Gasteiger partial charge in [0.2, 0.25) is 0 Å². The van der Waals surface area contributed by atoms with Crippen LogP contribution >= 0.6 is 22.6 Å². The van der Waals surface area contributed by atoms with Gasteiger partial charge in [0.1, 0.15) is 5.75 Å². The molecule has 0 aliphatic rings. The molecule has 0 atom stereocenters. The van der Waals surface area contributed by atoms with Gasteiger partial charge in [-0.1, -0.05) is 12.1 Å². The fourth-order valence-electron chi connectivity index (χ4n) is 1.60. The standard InChI is InChI=1S/C14H11IN2O4/c15-10-3-1-4-11(7-10)16-14(18)9-21-13-6-2-5-12(8-13)17(19)20/h1-8H,9H2,(H,16,18). The molecule has 0 fully saturated rings. The van der Waals surface area contributed by atoms with Crippen LogP contribution in [0.5, 0.6) is 5.75 Å². The molecule has 0 unspecified atom stereocenters. The maximum absolute atomic E-state index is 11.7. The predicted octanol–water partition coefficient (Wildman–Crippen LogP) is 3.22. The molecule has 0 saturated carbocycles. The van der Waals surface area contributed by atoms with E-state index in [1.807, 2.05) is 18.2 Å². The fourth-order valence-corrected chi connectivity index (χ4v) is 2.14. The number of nitro groups is 1. The summed E-state index contributed by atoms with van der Waals surface area (Å²) in [7, 11) is 0. The number of halogens is 1. The summed E-state index contributed by atoms with van der Waals surface area (Å²) in [5.41, 5.74) is 0.597. The van der Waals surface area contributed by atoms with Crippen LogP contribution < -0.4 is 10.1 Å². The minimum Gasteiger partial charge on any atom is -0.484 e. The molecule has 0 radical (unpaired) electrons. The highest BCUT2D eigenvalue weighted by Crippen LogP contribution is 2.19. The number of ether oxygens (including phenoxy) is 1. The van der Waals surface area contributed by atoms with Gasteiger partial charge in [-0.15, -0.1) is 0 Å². The maximum atomic E-state index is 11.7. The van der Waals surface area contributed by atoms with Crippen molar-refractivity contribution in [2.24, 2.45) is 0 Å². The number of carbonyl (C=O) groups excluding carboxylic acids is 1. The number of non-ortho nitro benzene ring substituents is 1. The van der Waals surface area contributed by atoms with Crippen LogP contribution in [-0.2, 0) is 4.79 Å². The number of nitro benzene ring substituents is 1. The third kappa shape index (κ3) is 4.71. The second-order valence-electron chi connectivity index (χ2n) is 4.10. The number of rotatable bonds is 5. The van der Waals surface area contributed by atoms with Crippen LogP contribution in [0.1, 0.15) is 0 Å². The molecule has 0 aromatic heterocycles. The van der Waals surface area contributed by atoms with Gasteiger partial charge < -0.3 is 10.1 Å². The van der Waals surface area contributed by atoms with Crippen LogP contribution in [0.2, 0.25) is 0 Å². The molecule has 21 heavy (non-hydrogen) atoms. The van der Waals surface area contributed by atoms with Crippen molar-refractivity contribution < 1.29 is 14.5 Å². The number of benzene rings is 2. The Morgan fingerprint density at radius 2 is 2.00 bits per heavy atom. The third-order valence-corrected chi connectivity index (χ3v) is 3.18. The highest BCUT2D eigenvalue weighted by Gasteiger charge is 2.08. The zero-order valence-corrected chi connectivity index (χ0v) is 12.9. The lowest BCUT2D eigenvalue weighted by Gasteiger charge is -2.07. The highest BCUT2D eigenvalue weighted by atomic mass is 127. The molecule has 1 amide bonds. The number of carbonyl (C=O) groups is 1. The number of nitrogens with one attached hydrogen (secondary N) is 1. The third-order valence-electron chi connectivity index (χ3n) is 2.51. The zero-order valence-electron chi connectivity index (χ0n) is 10.8. The average Bonchev–Trinajstić information content (AvgIpc) is 2.45. The summed E-state index contributed by atoms with van der Waals surface area (Å²) in [4.78, 5) is 21.9. The van der Waals surface area contributed by atoms with Crippen LogP contribution in [0.3, 0.4) is 0 Å². The van der Waals surface area contributed by atoms with Gasteiger partial charge >= 0.3 is 0 Å². The minimum absolute atomic E-state index is 0.0782. The van der Waals surface area contributed by atoms with Gasteiger partial charge in [-0.2, -0.15) is 0 Å². The summed E-state index contributed by atoms with van der Waals surface area (Å²) in [6.45, 7) is -0.216. The lowest BCUT2D eigenvalue weighted by molar-refractivity contribution is -0.384. The molecule has 0 spiro atoms. The van der Waals surface area contributed by atoms with Gasteiger partial charge in [0, 0.05) is 15.3 Å². The molecule has 0 heterocycles. The second-order valence-corrected chi connectivity index (χ2v) is 5.35. The van der Waals surface area contributed by atoms with Crippen LogP contribution in [-0.4, -0.2) is 17.4 Å². The van der Waals surface area contributed by atoms with E-state index in [1.165, 1.54) is 18.2 Å². The normalized spacial score (nSPS) is 9.95. The Balaban J connectivity index is 1.92. The first kappa shape index (κ1) is 15.2. The summed E-state index contributed by atoms with van der Waals surface area (Å²) >= 11 is 2.15. The minimum atomic E-state index is -0.515. The van der Waals surface area contributed by atoms with Crippen LogP contribution in [0.25, 0.3) is 0 Å². The van der Waals surface area contributed by atoms with Crippen LogP contribution in [0.15, 0.2) is 48.5 Å². The molecule has 0 aliphatic heterocycles. The van der Waals surface area contributed by atoms with E-state index in [0.29, 0.717) is 5.69 Å². The van der Waals surface area contributed by atoms with Crippen molar-refractivity contribution in [1.82, 2.24) is 0 Å². The van der Waals surface area contributed by atoms with Crippen molar-refractivity contribution in [1.29, 1.82) is 0 Å². The number of anilines is 1. The average molecular weight is 398 g/mol. The van der Waals surface area contributed by atoms with Gasteiger partial charge in [0.15, 0.2) is 6.61 Å². The maximum Gasteiger partial charge on any atom is 0.273 e. The number of nitrogens with zero attached hydrogens (tertiary/aromatic N) is 1. The molecule has 2 rings (SSSR count). The molecular formula is C14H11IN2O4. The molecule has 2 aromatic carbocycles. The quantitative estimate of drug-likeness (QED) is 0.477. The monoisotopic (exact) mass is 398 g/mol. The molecule has 1 N–H and O–H groups in total. The van der Waals surface area contributed by atoms with E-state index in [4.69, 9.17) is 4.74 Å². The Bertz CT molecular complexity index is 676. The first-order valence-corrected chi connectivity index (χ1v) is 7.05. The summed E-state index contributed by atoms with van der Waals surface area (Å²) in [5, 5.41) is 13.3. The summed E-state index contributed by atoms with van der Waals surface area (Å²) in [6.07, 6.45) is 0. The Labute approximate surface area is 134 Å². The Morgan fingerprint density at radius 3 is 2.71 bits per heavy atom. The van der Waals surface area contributed by atoms with E-state index < -0.39 is 4.92 Å². The van der Waals surface area contributed by atoms with Gasteiger partial charge in [-0.05, 0) is 46.9 Å². The van der Waals surface area contributed by atoms with Gasteiger partial charge in [-0.25, -0.2) is 0 Å². The van der Waals surface area contributed by atoms with Crippen molar-refractivity contribution >= 4 is 39.9 Å². The first-order valence-electron chi connectivity index (χ1n) is 5.97. The van der Waals surface area contributed by atoms with Crippen LogP contribution in [0, 0.1) is 13.7 Å². The molecule has 2 aromatic rings. The van der Waals surface area contributed by atoms with E-state index in [1.54, 1.807) is 12.1 Å². The molecule has 7 heteroatoms. The number of amides is 1. The molecule has 108 valence electrons. The predicted molar refractivity (Wildman–Crippen MR) is 86.4 cm³/mol. The van der Waals surface area contributed by atoms with E-state index >= 15 is 0 Å². The number of hydrogen-bond donors (Lipinski definition) is 1. The van der Waals surface area contributed by atoms with Gasteiger partial charge in [0.05, 0.1) is 11.0 Å². The lowest BCUT2D eigenvalue weighted by atomic mass is 10.3. The van der Waals surface area contributed by atoms with Crippen molar-refractivity contribution in [3.8, 4) is 5.75 Å². The van der Waals surface area contributed by atoms with Crippen LogP contribution in [0.4, 0.5) is 11.4 Å². The molecule has 6 nitrogen and oxygen atoms in total. The van der Waals surface area contributed by atoms with E-state index in [9.17, 15) is 14.9 Å². The first-order chi connectivity index (χ1) is 10.0. The van der Waals surface area contributed by atoms with Crippen molar-refractivity contribution in [2.75, 3.05) is 11.9 Å². The SMILES string of the molecule is O=C(COc1cccc([N+](=O)[O-])c1)Nc1cccc(I)c1. The summed E-state index contributed by atoms with van der Waals surface area (Å²) in [5.74, 6) is -0.0505. The topological polar surface area (TPSA) is 81.5 Å². The van der Waals surface area contributed by atoms with Crippen molar-refractivity contribution in [3.63, 3.8) is 0 Å². The Hall–Kier alpha value is -2.16. The van der Waals surface area contributed by atoms with E-state index in [2.05, 4.69) is 27.9 Å². The Morgan fingerprint density at radius 1 is 1.24 bits per heavy atom. The van der Waals surface area contributed by atoms with E-state index in [0.717, 1.165) is 3.57 Å². The second kappa shape index (κ2) is 7.02. The number of hydrogen-bond acceptors (Lipinski definition) is 4. The fraction of sp³-hybridized carbons (Fsp3) is 0.0714.